The van der Waals surface area contributed by atoms with Crippen molar-refractivity contribution in [2.75, 3.05) is 20.2 Å². The van der Waals surface area contributed by atoms with Crippen LogP contribution in [-0.4, -0.2) is 37.1 Å². The SMILES string of the molecule is COC1CCC(C(=O)N2CCCC(C(C)C)C2)CC1. The second-order valence-corrected chi connectivity index (χ2v) is 6.64. The zero-order valence-corrected chi connectivity index (χ0v) is 12.7. The van der Waals surface area contributed by atoms with Crippen LogP contribution in [0.5, 0.6) is 0 Å². The molecule has 3 nitrogen and oxygen atoms in total. The van der Waals surface area contributed by atoms with E-state index < -0.39 is 0 Å². The van der Waals surface area contributed by atoms with E-state index in [9.17, 15) is 4.79 Å². The number of ether oxygens (including phenoxy) is 1. The molecule has 1 amide bonds. The highest BCUT2D eigenvalue weighted by atomic mass is 16.5. The number of hydrogen-bond acceptors (Lipinski definition) is 2. The second kappa shape index (κ2) is 6.74. The van der Waals surface area contributed by atoms with Crippen LogP contribution in [0.4, 0.5) is 0 Å². The number of nitrogens with zero attached hydrogens (tertiary/aromatic N) is 1. The summed E-state index contributed by atoms with van der Waals surface area (Å²) in [5, 5.41) is 0. The first-order valence-electron chi connectivity index (χ1n) is 7.93. The summed E-state index contributed by atoms with van der Waals surface area (Å²) in [6.07, 6.45) is 6.98. The van der Waals surface area contributed by atoms with E-state index >= 15 is 0 Å². The number of hydrogen-bond donors (Lipinski definition) is 0. The molecule has 0 radical (unpaired) electrons. The smallest absolute Gasteiger partial charge is 0.225 e. The largest absolute Gasteiger partial charge is 0.381 e. The lowest BCUT2D eigenvalue weighted by atomic mass is 9.84. The van der Waals surface area contributed by atoms with E-state index in [1.54, 1.807) is 7.11 Å². The molecule has 1 aliphatic carbocycles. The van der Waals surface area contributed by atoms with Crippen molar-refractivity contribution in [1.29, 1.82) is 0 Å². The van der Waals surface area contributed by atoms with Crippen molar-refractivity contribution in [2.45, 2.75) is 58.5 Å². The Labute approximate surface area is 117 Å². The third kappa shape index (κ3) is 3.71. The maximum absolute atomic E-state index is 12.6. The summed E-state index contributed by atoms with van der Waals surface area (Å²) in [6.45, 7) is 6.53. The zero-order chi connectivity index (χ0) is 13.8. The summed E-state index contributed by atoms with van der Waals surface area (Å²) in [6, 6.07) is 0. The van der Waals surface area contributed by atoms with Gasteiger partial charge in [-0.25, -0.2) is 0 Å². The van der Waals surface area contributed by atoms with Gasteiger partial charge in [-0.1, -0.05) is 13.8 Å². The fourth-order valence-corrected chi connectivity index (χ4v) is 3.56. The van der Waals surface area contributed by atoms with Crippen molar-refractivity contribution in [1.82, 2.24) is 4.90 Å². The summed E-state index contributed by atoms with van der Waals surface area (Å²) in [5.74, 6) is 2.07. The van der Waals surface area contributed by atoms with Crippen molar-refractivity contribution in [2.24, 2.45) is 17.8 Å². The van der Waals surface area contributed by atoms with Crippen LogP contribution >= 0.6 is 0 Å². The van der Waals surface area contributed by atoms with Gasteiger partial charge in [0, 0.05) is 26.1 Å². The third-order valence-electron chi connectivity index (χ3n) is 5.07. The van der Waals surface area contributed by atoms with E-state index in [1.807, 2.05) is 0 Å². The molecular formula is C16H29NO2. The normalized spacial score (nSPS) is 32.6. The molecule has 1 heterocycles. The molecule has 110 valence electrons. The van der Waals surface area contributed by atoms with Crippen LogP contribution < -0.4 is 0 Å². The molecule has 3 heteroatoms. The highest BCUT2D eigenvalue weighted by molar-refractivity contribution is 5.79. The van der Waals surface area contributed by atoms with Crippen LogP contribution in [0.25, 0.3) is 0 Å². The number of methoxy groups -OCH3 is 1. The molecule has 1 atom stereocenters. The molecule has 1 unspecified atom stereocenters. The first kappa shape index (κ1) is 14.8. The van der Waals surface area contributed by atoms with Crippen LogP contribution in [0.2, 0.25) is 0 Å². The van der Waals surface area contributed by atoms with Gasteiger partial charge >= 0.3 is 0 Å². The van der Waals surface area contributed by atoms with Gasteiger partial charge in [-0.3, -0.25) is 4.79 Å². The average Bonchev–Trinajstić information content (AvgIpc) is 2.46. The molecule has 2 fully saturated rings. The number of piperidine rings is 1. The van der Waals surface area contributed by atoms with Crippen LogP contribution in [0, 0.1) is 17.8 Å². The summed E-state index contributed by atoms with van der Waals surface area (Å²) >= 11 is 0. The van der Waals surface area contributed by atoms with E-state index in [0.29, 0.717) is 23.8 Å². The molecule has 0 aromatic carbocycles. The zero-order valence-electron chi connectivity index (χ0n) is 12.7. The van der Waals surface area contributed by atoms with Gasteiger partial charge in [0.25, 0.3) is 0 Å². The molecule has 0 aromatic heterocycles. The minimum Gasteiger partial charge on any atom is -0.381 e. The standard InChI is InChI=1S/C16H29NO2/c1-12(2)14-5-4-10-17(11-14)16(18)13-6-8-15(19-3)9-7-13/h12-15H,4-11H2,1-3H3. The van der Waals surface area contributed by atoms with Crippen LogP contribution in [0.15, 0.2) is 0 Å². The Morgan fingerprint density at radius 2 is 1.84 bits per heavy atom. The number of amides is 1. The van der Waals surface area contributed by atoms with Crippen LogP contribution in [0.1, 0.15) is 52.4 Å². The number of rotatable bonds is 3. The lowest BCUT2D eigenvalue weighted by molar-refractivity contribution is -0.139. The predicted molar refractivity (Wildman–Crippen MR) is 76.9 cm³/mol. The Hall–Kier alpha value is -0.570. The highest BCUT2D eigenvalue weighted by Gasteiger charge is 2.32. The van der Waals surface area contributed by atoms with Gasteiger partial charge in [-0.05, 0) is 50.4 Å². The van der Waals surface area contributed by atoms with Crippen molar-refractivity contribution < 1.29 is 9.53 Å². The molecule has 0 spiro atoms. The first-order chi connectivity index (χ1) is 9.11. The maximum Gasteiger partial charge on any atom is 0.225 e. The minimum atomic E-state index is 0.261. The molecule has 1 saturated heterocycles. The van der Waals surface area contributed by atoms with Crippen LogP contribution in [-0.2, 0) is 9.53 Å². The van der Waals surface area contributed by atoms with Gasteiger partial charge in [-0.15, -0.1) is 0 Å². The van der Waals surface area contributed by atoms with Gasteiger partial charge in [0.05, 0.1) is 6.10 Å². The van der Waals surface area contributed by atoms with E-state index in [0.717, 1.165) is 38.8 Å². The number of likely N-dealkylation sites (tertiary alicyclic amines) is 1. The van der Waals surface area contributed by atoms with E-state index in [2.05, 4.69) is 18.7 Å². The van der Waals surface area contributed by atoms with E-state index in [1.165, 1.54) is 12.8 Å². The first-order valence-corrected chi connectivity index (χ1v) is 7.93. The molecule has 0 bridgehead atoms. The Morgan fingerprint density at radius 1 is 1.16 bits per heavy atom. The summed E-state index contributed by atoms with van der Waals surface area (Å²) in [5.41, 5.74) is 0. The molecular weight excluding hydrogens is 238 g/mol. The van der Waals surface area contributed by atoms with Gasteiger partial charge in [-0.2, -0.15) is 0 Å². The second-order valence-electron chi connectivity index (χ2n) is 6.64. The van der Waals surface area contributed by atoms with Crippen molar-refractivity contribution in [3.8, 4) is 0 Å². The lowest BCUT2D eigenvalue weighted by Crippen LogP contribution is -2.45. The van der Waals surface area contributed by atoms with Crippen molar-refractivity contribution >= 4 is 5.91 Å². The van der Waals surface area contributed by atoms with E-state index in [-0.39, 0.29) is 5.92 Å². The van der Waals surface area contributed by atoms with Gasteiger partial charge in [0.2, 0.25) is 5.91 Å². The highest BCUT2D eigenvalue weighted by Crippen LogP contribution is 2.30. The molecule has 1 aliphatic heterocycles. The Bertz CT molecular complexity index is 295. The summed E-state index contributed by atoms with van der Waals surface area (Å²) in [4.78, 5) is 14.7. The van der Waals surface area contributed by atoms with E-state index in [4.69, 9.17) is 4.74 Å². The third-order valence-corrected chi connectivity index (χ3v) is 5.07. The predicted octanol–water partition coefficient (Wildman–Crippen LogP) is 3.09. The molecule has 0 N–H and O–H groups in total. The Morgan fingerprint density at radius 3 is 2.42 bits per heavy atom. The summed E-state index contributed by atoms with van der Waals surface area (Å²) < 4.78 is 5.39. The quantitative estimate of drug-likeness (QED) is 0.786. The molecule has 2 aliphatic rings. The molecule has 19 heavy (non-hydrogen) atoms. The van der Waals surface area contributed by atoms with Crippen LogP contribution in [0.3, 0.4) is 0 Å². The number of carbonyl (C=O) groups excluding carboxylic acids is 1. The Kier molecular flexibility index (Phi) is 5.26. The molecule has 1 saturated carbocycles. The molecule has 0 aromatic rings. The van der Waals surface area contributed by atoms with Crippen molar-refractivity contribution in [3.05, 3.63) is 0 Å². The fourth-order valence-electron chi connectivity index (χ4n) is 3.56. The lowest BCUT2D eigenvalue weighted by Gasteiger charge is -2.38. The number of carbonyl (C=O) groups is 1. The maximum atomic E-state index is 12.6. The fraction of sp³-hybridized carbons (Fsp3) is 0.938. The Balaban J connectivity index is 1.86. The molecule has 2 rings (SSSR count). The minimum absolute atomic E-state index is 0.261. The van der Waals surface area contributed by atoms with Gasteiger partial charge in [0.15, 0.2) is 0 Å². The average molecular weight is 267 g/mol. The topological polar surface area (TPSA) is 29.5 Å². The van der Waals surface area contributed by atoms with Gasteiger partial charge in [0.1, 0.15) is 0 Å². The summed E-state index contributed by atoms with van der Waals surface area (Å²) in [7, 11) is 1.78. The monoisotopic (exact) mass is 267 g/mol. The van der Waals surface area contributed by atoms with Crippen molar-refractivity contribution in [3.63, 3.8) is 0 Å². The van der Waals surface area contributed by atoms with Gasteiger partial charge < -0.3 is 9.64 Å².